The highest BCUT2D eigenvalue weighted by atomic mass is 35.5. The predicted octanol–water partition coefficient (Wildman–Crippen LogP) is 5.77. The SMILES string of the molecule is COC(=O)[C@@H]1N[C@@H](CC(C)(C)C)[C@](C#N)(c2ccc(Cl)cc2F)[C@@H]1c1cccc(Cl)c1F. The van der Waals surface area contributed by atoms with Crippen LogP contribution in [0.1, 0.15) is 44.2 Å². The van der Waals surface area contributed by atoms with Crippen LogP contribution in [0.2, 0.25) is 10.0 Å². The summed E-state index contributed by atoms with van der Waals surface area (Å²) in [7, 11) is 1.21. The number of hydrogen-bond donors (Lipinski definition) is 1. The lowest BCUT2D eigenvalue weighted by Crippen LogP contribution is -2.44. The fourth-order valence-electron chi connectivity index (χ4n) is 4.66. The molecule has 2 aromatic rings. The highest BCUT2D eigenvalue weighted by Gasteiger charge is 2.61. The molecule has 0 radical (unpaired) electrons. The molecule has 0 saturated carbocycles. The second-order valence-corrected chi connectivity index (χ2v) is 10.1. The van der Waals surface area contributed by atoms with Gasteiger partial charge in [-0.3, -0.25) is 10.1 Å². The monoisotopic (exact) mass is 480 g/mol. The molecule has 0 spiro atoms. The van der Waals surface area contributed by atoms with Crippen molar-refractivity contribution >= 4 is 29.2 Å². The fraction of sp³-hybridized carbons (Fsp3) is 0.417. The molecule has 0 amide bonds. The Kier molecular flexibility index (Phi) is 6.86. The smallest absolute Gasteiger partial charge is 0.323 e. The van der Waals surface area contributed by atoms with Gasteiger partial charge in [0, 0.05) is 22.5 Å². The minimum Gasteiger partial charge on any atom is -0.468 e. The second-order valence-electron chi connectivity index (χ2n) is 9.21. The van der Waals surface area contributed by atoms with E-state index in [4.69, 9.17) is 27.9 Å². The third-order valence-corrected chi connectivity index (χ3v) is 6.43. The average molecular weight is 481 g/mol. The van der Waals surface area contributed by atoms with Crippen molar-refractivity contribution in [3.05, 3.63) is 69.2 Å². The van der Waals surface area contributed by atoms with Crippen LogP contribution in [0, 0.1) is 28.4 Å². The largest absolute Gasteiger partial charge is 0.468 e. The normalized spacial score (nSPS) is 25.4. The molecule has 1 heterocycles. The summed E-state index contributed by atoms with van der Waals surface area (Å²) >= 11 is 12.0. The molecular weight excluding hydrogens is 457 g/mol. The Bertz CT molecular complexity index is 1080. The van der Waals surface area contributed by atoms with Crippen molar-refractivity contribution in [1.29, 1.82) is 5.26 Å². The van der Waals surface area contributed by atoms with E-state index in [-0.39, 0.29) is 26.6 Å². The maximum atomic E-state index is 15.3. The van der Waals surface area contributed by atoms with E-state index in [1.54, 1.807) is 0 Å². The van der Waals surface area contributed by atoms with Gasteiger partial charge in [-0.15, -0.1) is 0 Å². The van der Waals surface area contributed by atoms with E-state index in [2.05, 4.69) is 11.4 Å². The lowest BCUT2D eigenvalue weighted by molar-refractivity contribution is -0.143. The molecule has 32 heavy (non-hydrogen) atoms. The van der Waals surface area contributed by atoms with E-state index in [1.165, 1.54) is 37.4 Å². The number of nitrogens with zero attached hydrogens (tertiary/aromatic N) is 1. The van der Waals surface area contributed by atoms with Gasteiger partial charge in [-0.1, -0.05) is 62.2 Å². The summed E-state index contributed by atoms with van der Waals surface area (Å²) in [5, 5.41) is 13.8. The van der Waals surface area contributed by atoms with Gasteiger partial charge in [0.05, 0.1) is 18.2 Å². The van der Waals surface area contributed by atoms with E-state index < -0.39 is 41.0 Å². The van der Waals surface area contributed by atoms with Crippen molar-refractivity contribution in [2.24, 2.45) is 5.41 Å². The van der Waals surface area contributed by atoms with Crippen molar-refractivity contribution in [3.63, 3.8) is 0 Å². The molecule has 1 aliphatic rings. The van der Waals surface area contributed by atoms with Crippen molar-refractivity contribution < 1.29 is 18.3 Å². The first-order valence-corrected chi connectivity index (χ1v) is 10.9. The molecule has 1 aliphatic heterocycles. The summed E-state index contributed by atoms with van der Waals surface area (Å²) in [6.07, 6.45) is 0.398. The maximum Gasteiger partial charge on any atom is 0.323 e. The molecule has 0 aliphatic carbocycles. The number of carbonyl (C=O) groups excluding carboxylic acids is 1. The number of rotatable bonds is 4. The topological polar surface area (TPSA) is 62.1 Å². The predicted molar refractivity (Wildman–Crippen MR) is 120 cm³/mol. The lowest BCUT2D eigenvalue weighted by Gasteiger charge is -2.37. The third-order valence-electron chi connectivity index (χ3n) is 5.90. The van der Waals surface area contributed by atoms with Crippen LogP contribution in [0.15, 0.2) is 36.4 Å². The van der Waals surface area contributed by atoms with E-state index in [9.17, 15) is 10.1 Å². The zero-order valence-corrected chi connectivity index (χ0v) is 19.7. The first kappa shape index (κ1) is 24.4. The molecule has 3 rings (SSSR count). The van der Waals surface area contributed by atoms with Gasteiger partial charge in [0.1, 0.15) is 23.1 Å². The Morgan fingerprint density at radius 2 is 1.94 bits per heavy atom. The summed E-state index contributed by atoms with van der Waals surface area (Å²) in [5.41, 5.74) is -1.88. The number of nitrogens with one attached hydrogen (secondary N) is 1. The van der Waals surface area contributed by atoms with Gasteiger partial charge in [-0.05, 0) is 35.6 Å². The van der Waals surface area contributed by atoms with Gasteiger partial charge in [0.25, 0.3) is 0 Å². The van der Waals surface area contributed by atoms with Crippen molar-refractivity contribution in [2.45, 2.75) is 50.6 Å². The minimum absolute atomic E-state index is 0.0296. The quantitative estimate of drug-likeness (QED) is 0.564. The van der Waals surface area contributed by atoms with Crippen molar-refractivity contribution in [2.75, 3.05) is 7.11 Å². The van der Waals surface area contributed by atoms with Crippen LogP contribution in [0.3, 0.4) is 0 Å². The van der Waals surface area contributed by atoms with E-state index >= 15 is 8.78 Å². The summed E-state index contributed by atoms with van der Waals surface area (Å²) in [6.45, 7) is 5.90. The number of hydrogen-bond acceptors (Lipinski definition) is 4. The van der Waals surface area contributed by atoms with Crippen molar-refractivity contribution in [3.8, 4) is 6.07 Å². The third kappa shape index (κ3) is 4.22. The zero-order valence-electron chi connectivity index (χ0n) is 18.2. The van der Waals surface area contributed by atoms with Crippen LogP contribution in [-0.2, 0) is 14.9 Å². The molecule has 0 aromatic heterocycles. The molecule has 1 N–H and O–H groups in total. The molecule has 2 aromatic carbocycles. The Hall–Kier alpha value is -2.20. The first-order valence-electron chi connectivity index (χ1n) is 10.1. The molecule has 0 bridgehead atoms. The average Bonchev–Trinajstić information content (AvgIpc) is 3.02. The van der Waals surface area contributed by atoms with Gasteiger partial charge in [0.15, 0.2) is 0 Å². The molecule has 0 unspecified atom stereocenters. The van der Waals surface area contributed by atoms with E-state index in [0.29, 0.717) is 6.42 Å². The van der Waals surface area contributed by atoms with Crippen molar-refractivity contribution in [1.82, 2.24) is 5.32 Å². The number of methoxy groups -OCH3 is 1. The molecule has 170 valence electrons. The molecule has 4 atom stereocenters. The van der Waals surface area contributed by atoms with Gasteiger partial charge in [-0.2, -0.15) is 5.26 Å². The number of carbonyl (C=O) groups is 1. The van der Waals surface area contributed by atoms with Crippen LogP contribution in [-0.4, -0.2) is 25.2 Å². The summed E-state index contributed by atoms with van der Waals surface area (Å²) < 4.78 is 35.6. The lowest BCUT2D eigenvalue weighted by atomic mass is 9.62. The van der Waals surface area contributed by atoms with Crippen LogP contribution < -0.4 is 5.32 Å². The minimum atomic E-state index is -1.65. The second kappa shape index (κ2) is 8.97. The Morgan fingerprint density at radius 3 is 2.50 bits per heavy atom. The summed E-state index contributed by atoms with van der Waals surface area (Å²) in [4.78, 5) is 12.8. The number of halogens is 4. The number of nitriles is 1. The van der Waals surface area contributed by atoms with Crippen LogP contribution >= 0.6 is 23.2 Å². The molecular formula is C24H24Cl2F2N2O2. The molecule has 1 saturated heterocycles. The molecule has 8 heteroatoms. The summed E-state index contributed by atoms with van der Waals surface area (Å²) in [6, 6.07) is 8.85. The number of esters is 1. The number of benzene rings is 2. The maximum absolute atomic E-state index is 15.3. The van der Waals surface area contributed by atoms with Crippen LogP contribution in [0.4, 0.5) is 8.78 Å². The first-order chi connectivity index (χ1) is 15.0. The Morgan fingerprint density at radius 1 is 1.25 bits per heavy atom. The van der Waals surface area contributed by atoms with Gasteiger partial charge < -0.3 is 4.74 Å². The highest BCUT2D eigenvalue weighted by molar-refractivity contribution is 6.31. The Balaban J connectivity index is 2.39. The van der Waals surface area contributed by atoms with Gasteiger partial charge in [-0.25, -0.2) is 8.78 Å². The summed E-state index contributed by atoms with van der Waals surface area (Å²) in [5.74, 6) is -3.26. The van der Waals surface area contributed by atoms with Gasteiger partial charge in [0.2, 0.25) is 0 Å². The standard InChI is InChI=1S/C24H24Cl2F2N2O2/c1-23(2,3)11-18-24(12-29,15-9-8-13(25)10-17(15)27)19(21(30-18)22(31)32-4)14-6-5-7-16(26)20(14)28/h5-10,18-19,21,30H,11H2,1-4H3/t18-,19+,21+,24-/m0/s1. The highest BCUT2D eigenvalue weighted by Crippen LogP contribution is 2.52. The van der Waals surface area contributed by atoms with Crippen LogP contribution in [0.25, 0.3) is 0 Å². The van der Waals surface area contributed by atoms with Crippen LogP contribution in [0.5, 0.6) is 0 Å². The molecule has 4 nitrogen and oxygen atoms in total. The number of ether oxygens (including phenoxy) is 1. The van der Waals surface area contributed by atoms with E-state index in [0.717, 1.165) is 6.07 Å². The fourth-order valence-corrected chi connectivity index (χ4v) is 5.00. The zero-order chi connectivity index (χ0) is 23.8. The Labute approximate surface area is 196 Å². The van der Waals surface area contributed by atoms with E-state index in [1.807, 2.05) is 20.8 Å². The van der Waals surface area contributed by atoms with Gasteiger partial charge >= 0.3 is 5.97 Å². The molecule has 1 fully saturated rings.